The molecule has 0 aliphatic carbocycles. The molecule has 5 nitrogen and oxygen atoms in total. The molecule has 0 saturated carbocycles. The monoisotopic (exact) mass is 306 g/mol. The molecule has 1 rings (SSSR count). The highest BCUT2D eigenvalue weighted by atomic mass is 16.3. The summed E-state index contributed by atoms with van der Waals surface area (Å²) in [5.41, 5.74) is 0.898. The highest BCUT2D eigenvalue weighted by molar-refractivity contribution is 5.79. The normalized spacial score (nSPS) is 13.5. The second-order valence-electron chi connectivity index (χ2n) is 5.82. The molecule has 0 heterocycles. The van der Waals surface area contributed by atoms with E-state index in [1.54, 1.807) is 0 Å². The molecule has 2 atom stereocenters. The van der Waals surface area contributed by atoms with Crippen molar-refractivity contribution in [1.82, 2.24) is 10.6 Å². The average Bonchev–Trinajstić information content (AvgIpc) is 2.46. The van der Waals surface area contributed by atoms with Gasteiger partial charge in [-0.2, -0.15) is 0 Å². The lowest BCUT2D eigenvalue weighted by Gasteiger charge is -2.19. The van der Waals surface area contributed by atoms with Crippen LogP contribution in [0.3, 0.4) is 0 Å². The SMILES string of the molecule is CC(=O)NC(CC(=O)NCCC(O)C(C)C)c1ccccc1. The fourth-order valence-electron chi connectivity index (χ4n) is 2.13. The van der Waals surface area contributed by atoms with Crippen LogP contribution in [0, 0.1) is 5.92 Å². The molecule has 3 N–H and O–H groups in total. The van der Waals surface area contributed by atoms with Gasteiger partial charge in [0, 0.05) is 13.5 Å². The van der Waals surface area contributed by atoms with Crippen LogP contribution in [0.1, 0.15) is 45.2 Å². The summed E-state index contributed by atoms with van der Waals surface area (Å²) in [6.07, 6.45) is 0.293. The van der Waals surface area contributed by atoms with Crippen LogP contribution in [0.15, 0.2) is 30.3 Å². The third kappa shape index (κ3) is 6.72. The van der Waals surface area contributed by atoms with Crippen LogP contribution in [0.25, 0.3) is 0 Å². The maximum atomic E-state index is 12.0. The highest BCUT2D eigenvalue weighted by Crippen LogP contribution is 2.16. The first-order valence-electron chi connectivity index (χ1n) is 7.67. The van der Waals surface area contributed by atoms with Crippen LogP contribution < -0.4 is 10.6 Å². The summed E-state index contributed by atoms with van der Waals surface area (Å²) in [4.78, 5) is 23.3. The lowest BCUT2D eigenvalue weighted by atomic mass is 10.0. The number of carbonyl (C=O) groups excluding carboxylic acids is 2. The van der Waals surface area contributed by atoms with E-state index in [1.807, 2.05) is 44.2 Å². The smallest absolute Gasteiger partial charge is 0.222 e. The fourth-order valence-corrected chi connectivity index (χ4v) is 2.13. The molecule has 0 aromatic heterocycles. The molecule has 2 unspecified atom stereocenters. The highest BCUT2D eigenvalue weighted by Gasteiger charge is 2.17. The Balaban J connectivity index is 2.52. The maximum absolute atomic E-state index is 12.0. The molecule has 0 aliphatic heterocycles. The third-order valence-electron chi connectivity index (χ3n) is 3.50. The van der Waals surface area contributed by atoms with Gasteiger partial charge in [0.25, 0.3) is 0 Å². The van der Waals surface area contributed by atoms with Crippen molar-refractivity contribution in [3.05, 3.63) is 35.9 Å². The Labute approximate surface area is 132 Å². The van der Waals surface area contributed by atoms with E-state index >= 15 is 0 Å². The van der Waals surface area contributed by atoms with Crippen LogP contribution >= 0.6 is 0 Å². The van der Waals surface area contributed by atoms with Gasteiger partial charge in [-0.25, -0.2) is 0 Å². The third-order valence-corrected chi connectivity index (χ3v) is 3.50. The minimum atomic E-state index is -0.416. The minimum absolute atomic E-state index is 0.140. The van der Waals surface area contributed by atoms with Crippen LogP contribution in [0.5, 0.6) is 0 Å². The van der Waals surface area contributed by atoms with Gasteiger partial charge in [-0.1, -0.05) is 44.2 Å². The van der Waals surface area contributed by atoms with E-state index in [9.17, 15) is 14.7 Å². The number of aliphatic hydroxyl groups is 1. The molecule has 0 bridgehead atoms. The molecule has 0 aliphatic rings. The fraction of sp³-hybridized carbons (Fsp3) is 0.529. The summed E-state index contributed by atoms with van der Waals surface area (Å²) >= 11 is 0. The van der Waals surface area contributed by atoms with Gasteiger partial charge >= 0.3 is 0 Å². The van der Waals surface area contributed by atoms with Crippen molar-refractivity contribution < 1.29 is 14.7 Å². The molecule has 0 radical (unpaired) electrons. The van der Waals surface area contributed by atoms with Crippen LogP contribution in [-0.4, -0.2) is 29.6 Å². The first kappa shape index (κ1) is 18.2. The molecular formula is C17H26N2O3. The van der Waals surface area contributed by atoms with Crippen molar-refractivity contribution in [2.24, 2.45) is 5.92 Å². The van der Waals surface area contributed by atoms with E-state index in [-0.39, 0.29) is 30.2 Å². The van der Waals surface area contributed by atoms with Gasteiger partial charge in [0.1, 0.15) is 0 Å². The van der Waals surface area contributed by atoms with E-state index in [2.05, 4.69) is 10.6 Å². The van der Waals surface area contributed by atoms with E-state index in [4.69, 9.17) is 0 Å². The topological polar surface area (TPSA) is 78.4 Å². The van der Waals surface area contributed by atoms with Crippen molar-refractivity contribution in [2.45, 2.75) is 45.8 Å². The Kier molecular flexibility index (Phi) is 7.60. The Morgan fingerprint density at radius 1 is 1.18 bits per heavy atom. The van der Waals surface area contributed by atoms with Crippen molar-refractivity contribution in [2.75, 3.05) is 6.54 Å². The van der Waals surface area contributed by atoms with Crippen LogP contribution in [-0.2, 0) is 9.59 Å². The quantitative estimate of drug-likeness (QED) is 0.685. The number of hydrogen-bond donors (Lipinski definition) is 3. The summed E-state index contributed by atoms with van der Waals surface area (Å²) in [6, 6.07) is 9.07. The molecule has 0 fully saturated rings. The lowest BCUT2D eigenvalue weighted by molar-refractivity contribution is -0.122. The predicted octanol–water partition coefficient (Wildman–Crippen LogP) is 1.78. The second kappa shape index (κ2) is 9.20. The zero-order valence-electron chi connectivity index (χ0n) is 13.5. The second-order valence-corrected chi connectivity index (χ2v) is 5.82. The first-order valence-corrected chi connectivity index (χ1v) is 7.67. The molecule has 2 amide bonds. The Morgan fingerprint density at radius 3 is 2.36 bits per heavy atom. The number of rotatable bonds is 8. The van der Waals surface area contributed by atoms with Gasteiger partial charge in [-0.15, -0.1) is 0 Å². The molecule has 5 heteroatoms. The molecule has 122 valence electrons. The zero-order chi connectivity index (χ0) is 16.5. The van der Waals surface area contributed by atoms with Crippen molar-refractivity contribution >= 4 is 11.8 Å². The first-order chi connectivity index (χ1) is 10.4. The summed E-state index contributed by atoms with van der Waals surface area (Å²) in [5.74, 6) is -0.135. The zero-order valence-corrected chi connectivity index (χ0v) is 13.5. The summed E-state index contributed by atoms with van der Waals surface area (Å²) in [6.45, 7) is 5.75. The largest absolute Gasteiger partial charge is 0.393 e. The molecule has 0 spiro atoms. The number of amides is 2. The van der Waals surface area contributed by atoms with Gasteiger partial charge < -0.3 is 15.7 Å². The standard InChI is InChI=1S/C17H26N2O3/c1-12(2)16(21)9-10-18-17(22)11-15(19-13(3)20)14-7-5-4-6-8-14/h4-8,12,15-16,21H,9-11H2,1-3H3,(H,18,22)(H,19,20). The maximum Gasteiger partial charge on any atom is 0.222 e. The van der Waals surface area contributed by atoms with Crippen molar-refractivity contribution in [1.29, 1.82) is 0 Å². The molecule has 0 saturated heterocycles. The summed E-state index contributed by atoms with van der Waals surface area (Å²) in [7, 11) is 0. The van der Waals surface area contributed by atoms with Crippen LogP contribution in [0.2, 0.25) is 0 Å². The summed E-state index contributed by atoms with van der Waals surface area (Å²) in [5, 5.41) is 15.3. The lowest BCUT2D eigenvalue weighted by Crippen LogP contribution is -2.34. The molecular weight excluding hydrogens is 280 g/mol. The minimum Gasteiger partial charge on any atom is -0.393 e. The number of aliphatic hydroxyl groups excluding tert-OH is 1. The number of benzene rings is 1. The van der Waals surface area contributed by atoms with Crippen molar-refractivity contribution in [3.63, 3.8) is 0 Å². The van der Waals surface area contributed by atoms with E-state index < -0.39 is 6.10 Å². The number of carbonyl (C=O) groups is 2. The van der Waals surface area contributed by atoms with Gasteiger partial charge in [0.2, 0.25) is 11.8 Å². The van der Waals surface area contributed by atoms with E-state index in [0.29, 0.717) is 13.0 Å². The van der Waals surface area contributed by atoms with Gasteiger partial charge in [0.15, 0.2) is 0 Å². The molecule has 1 aromatic rings. The Bertz CT molecular complexity index is 474. The van der Waals surface area contributed by atoms with E-state index in [0.717, 1.165) is 5.56 Å². The van der Waals surface area contributed by atoms with E-state index in [1.165, 1.54) is 6.92 Å². The predicted molar refractivity (Wildman–Crippen MR) is 86.1 cm³/mol. The van der Waals surface area contributed by atoms with Crippen LogP contribution in [0.4, 0.5) is 0 Å². The van der Waals surface area contributed by atoms with Crippen molar-refractivity contribution in [3.8, 4) is 0 Å². The molecule has 1 aromatic carbocycles. The van der Waals surface area contributed by atoms with Gasteiger partial charge in [-0.3, -0.25) is 9.59 Å². The Hall–Kier alpha value is -1.88. The average molecular weight is 306 g/mol. The number of hydrogen-bond acceptors (Lipinski definition) is 3. The molecule has 22 heavy (non-hydrogen) atoms. The number of nitrogens with one attached hydrogen (secondary N) is 2. The Morgan fingerprint density at radius 2 is 1.82 bits per heavy atom. The van der Waals surface area contributed by atoms with Gasteiger partial charge in [0.05, 0.1) is 18.6 Å². The summed E-state index contributed by atoms with van der Waals surface area (Å²) < 4.78 is 0. The van der Waals surface area contributed by atoms with Gasteiger partial charge in [-0.05, 0) is 17.9 Å².